The molecular weight excluding hydrogens is 406 g/mol. The summed E-state index contributed by atoms with van der Waals surface area (Å²) in [5.74, 6) is -0.0605. The summed E-state index contributed by atoms with van der Waals surface area (Å²) in [6.07, 6.45) is 0. The third-order valence-electron chi connectivity index (χ3n) is 3.40. The number of hydrogen-bond acceptors (Lipinski definition) is 7. The number of hydrogen-bond donors (Lipinski definition) is 2. The van der Waals surface area contributed by atoms with Gasteiger partial charge in [0.2, 0.25) is 11.0 Å². The molecule has 1 aromatic heterocycles. The molecule has 6 nitrogen and oxygen atoms in total. The molecule has 2 aromatic carbocycles. The van der Waals surface area contributed by atoms with Crippen LogP contribution in [0.2, 0.25) is 0 Å². The monoisotopic (exact) mass is 422 g/mol. The van der Waals surface area contributed by atoms with E-state index >= 15 is 0 Å². The second-order valence-corrected chi connectivity index (χ2v) is 7.80. The number of anilines is 3. The Morgan fingerprint density at radius 3 is 2.46 bits per heavy atom. The molecule has 0 atom stereocenters. The molecule has 0 bridgehead atoms. The zero-order valence-electron chi connectivity index (χ0n) is 14.7. The van der Waals surface area contributed by atoms with Gasteiger partial charge in [-0.1, -0.05) is 40.8 Å². The molecule has 0 saturated carbocycles. The summed E-state index contributed by atoms with van der Waals surface area (Å²) in [6.45, 7) is -0.866. The molecule has 0 saturated heterocycles. The molecule has 0 aliphatic heterocycles. The predicted octanol–water partition coefficient (Wildman–Crippen LogP) is 4.92. The van der Waals surface area contributed by atoms with Gasteiger partial charge < -0.3 is 15.4 Å². The number of thioether (sulfide) groups is 1. The smallest absolute Gasteiger partial charge is 0.387 e. The van der Waals surface area contributed by atoms with E-state index in [0.717, 1.165) is 5.69 Å². The lowest BCUT2D eigenvalue weighted by molar-refractivity contribution is -0.113. The average Bonchev–Trinajstić information content (AvgIpc) is 3.11. The van der Waals surface area contributed by atoms with Crippen molar-refractivity contribution in [3.05, 3.63) is 54.1 Å². The number of alkyl halides is 2. The first-order chi connectivity index (χ1) is 13.5. The van der Waals surface area contributed by atoms with E-state index in [1.807, 2.05) is 31.2 Å². The lowest BCUT2D eigenvalue weighted by Crippen LogP contribution is -2.13. The lowest BCUT2D eigenvalue weighted by Gasteiger charge is -2.07. The Balaban J connectivity index is 1.47. The van der Waals surface area contributed by atoms with Crippen molar-refractivity contribution >= 4 is 45.5 Å². The van der Waals surface area contributed by atoms with E-state index in [-0.39, 0.29) is 17.4 Å². The van der Waals surface area contributed by atoms with Crippen LogP contribution in [0.5, 0.6) is 5.75 Å². The van der Waals surface area contributed by atoms with Crippen molar-refractivity contribution in [2.75, 3.05) is 16.4 Å². The van der Waals surface area contributed by atoms with Gasteiger partial charge in [0.15, 0.2) is 4.34 Å². The van der Waals surface area contributed by atoms with Gasteiger partial charge in [0, 0.05) is 11.4 Å². The van der Waals surface area contributed by atoms with Crippen LogP contribution in [0, 0.1) is 6.92 Å². The molecule has 146 valence electrons. The van der Waals surface area contributed by atoms with Crippen LogP contribution >= 0.6 is 23.1 Å². The maximum Gasteiger partial charge on any atom is 0.387 e. The Hall–Kier alpha value is -2.72. The van der Waals surface area contributed by atoms with E-state index in [0.29, 0.717) is 15.2 Å². The lowest BCUT2D eigenvalue weighted by atomic mass is 10.2. The Morgan fingerprint density at radius 2 is 1.79 bits per heavy atom. The summed E-state index contributed by atoms with van der Waals surface area (Å²) in [5, 5.41) is 14.6. The fraction of sp³-hybridized carbons (Fsp3) is 0.167. The van der Waals surface area contributed by atoms with Crippen molar-refractivity contribution < 1.29 is 18.3 Å². The predicted molar refractivity (Wildman–Crippen MR) is 107 cm³/mol. The van der Waals surface area contributed by atoms with Gasteiger partial charge in [0.1, 0.15) is 5.75 Å². The Morgan fingerprint density at radius 1 is 1.11 bits per heavy atom. The number of aromatic nitrogens is 2. The number of carbonyl (C=O) groups is 1. The van der Waals surface area contributed by atoms with Crippen molar-refractivity contribution in [1.82, 2.24) is 10.2 Å². The van der Waals surface area contributed by atoms with Crippen LogP contribution in [0.25, 0.3) is 0 Å². The minimum absolute atomic E-state index is 0.0323. The number of carbonyl (C=O) groups excluding carboxylic acids is 1. The van der Waals surface area contributed by atoms with Crippen molar-refractivity contribution in [3.8, 4) is 5.75 Å². The van der Waals surface area contributed by atoms with Gasteiger partial charge in [-0.05, 0) is 43.3 Å². The first-order valence-corrected chi connectivity index (χ1v) is 9.93. The zero-order chi connectivity index (χ0) is 19.9. The van der Waals surface area contributed by atoms with Gasteiger partial charge in [-0.2, -0.15) is 8.78 Å². The third kappa shape index (κ3) is 6.17. The molecule has 3 rings (SSSR count). The first-order valence-electron chi connectivity index (χ1n) is 8.12. The van der Waals surface area contributed by atoms with Gasteiger partial charge >= 0.3 is 6.61 Å². The summed E-state index contributed by atoms with van der Waals surface area (Å²) in [6, 6.07) is 13.6. The summed E-state index contributed by atoms with van der Waals surface area (Å²) in [4.78, 5) is 12.0. The highest BCUT2D eigenvalue weighted by molar-refractivity contribution is 8.01. The highest BCUT2D eigenvalue weighted by atomic mass is 32.2. The fourth-order valence-corrected chi connectivity index (χ4v) is 3.70. The molecule has 10 heteroatoms. The van der Waals surface area contributed by atoms with Crippen LogP contribution < -0.4 is 15.4 Å². The second-order valence-electron chi connectivity index (χ2n) is 5.60. The SMILES string of the molecule is Cc1ccc(Nc2nnc(SCC(=O)Nc3ccc(OC(F)F)cc3)s2)cc1. The minimum Gasteiger partial charge on any atom is -0.435 e. The molecule has 3 aromatic rings. The highest BCUT2D eigenvalue weighted by Gasteiger charge is 2.10. The van der Waals surface area contributed by atoms with E-state index < -0.39 is 6.61 Å². The first kappa shape index (κ1) is 20.0. The fourth-order valence-electron chi connectivity index (χ4n) is 2.12. The summed E-state index contributed by atoms with van der Waals surface area (Å²) in [5.41, 5.74) is 2.57. The number of rotatable bonds is 8. The Kier molecular flexibility index (Phi) is 6.77. The summed E-state index contributed by atoms with van der Waals surface area (Å²) in [7, 11) is 0. The van der Waals surface area contributed by atoms with Crippen LogP contribution in [-0.2, 0) is 4.79 Å². The van der Waals surface area contributed by atoms with E-state index in [9.17, 15) is 13.6 Å². The van der Waals surface area contributed by atoms with E-state index in [1.54, 1.807) is 0 Å². The maximum absolute atomic E-state index is 12.1. The molecule has 0 aliphatic carbocycles. The molecule has 0 spiro atoms. The van der Waals surface area contributed by atoms with Gasteiger partial charge in [-0.15, -0.1) is 10.2 Å². The van der Waals surface area contributed by atoms with Crippen molar-refractivity contribution in [3.63, 3.8) is 0 Å². The third-order valence-corrected chi connectivity index (χ3v) is 5.37. The quantitative estimate of drug-likeness (QED) is 0.502. The number of benzene rings is 2. The van der Waals surface area contributed by atoms with Gasteiger partial charge in [0.05, 0.1) is 5.75 Å². The standard InChI is InChI=1S/C18H16F2N4O2S2/c1-11-2-4-13(5-3-11)22-17-23-24-18(28-17)27-10-15(25)21-12-6-8-14(9-7-12)26-16(19)20/h2-9,16H,10H2,1H3,(H,21,25)(H,22,23). The number of amides is 1. The van der Waals surface area contributed by atoms with Gasteiger partial charge in [0.25, 0.3) is 0 Å². The van der Waals surface area contributed by atoms with Crippen LogP contribution in [0.4, 0.5) is 25.3 Å². The maximum atomic E-state index is 12.1. The molecule has 2 N–H and O–H groups in total. The molecule has 0 aliphatic rings. The molecule has 0 radical (unpaired) electrons. The molecule has 0 unspecified atom stereocenters. The number of ether oxygens (including phenoxy) is 1. The zero-order valence-corrected chi connectivity index (χ0v) is 16.3. The molecular formula is C18H16F2N4O2S2. The molecule has 1 amide bonds. The average molecular weight is 422 g/mol. The largest absolute Gasteiger partial charge is 0.435 e. The van der Waals surface area contributed by atoms with Crippen molar-refractivity contribution in [2.45, 2.75) is 17.9 Å². The minimum atomic E-state index is -2.88. The van der Waals surface area contributed by atoms with E-state index in [4.69, 9.17) is 0 Å². The summed E-state index contributed by atoms with van der Waals surface area (Å²) < 4.78 is 29.2. The molecule has 1 heterocycles. The van der Waals surface area contributed by atoms with Crippen LogP contribution in [0.1, 0.15) is 5.56 Å². The van der Waals surface area contributed by atoms with Crippen LogP contribution in [-0.4, -0.2) is 28.5 Å². The molecule has 28 heavy (non-hydrogen) atoms. The molecule has 0 fully saturated rings. The highest BCUT2D eigenvalue weighted by Crippen LogP contribution is 2.28. The number of nitrogens with zero attached hydrogens (tertiary/aromatic N) is 2. The number of nitrogens with one attached hydrogen (secondary N) is 2. The normalized spacial score (nSPS) is 10.7. The van der Waals surface area contributed by atoms with E-state index in [1.165, 1.54) is 52.9 Å². The Bertz CT molecular complexity index is 918. The van der Waals surface area contributed by atoms with Crippen LogP contribution in [0.3, 0.4) is 0 Å². The van der Waals surface area contributed by atoms with Crippen molar-refractivity contribution in [1.29, 1.82) is 0 Å². The van der Waals surface area contributed by atoms with E-state index in [2.05, 4.69) is 25.6 Å². The number of halogens is 2. The van der Waals surface area contributed by atoms with Crippen LogP contribution in [0.15, 0.2) is 52.9 Å². The topological polar surface area (TPSA) is 76.1 Å². The Labute approximate surface area is 168 Å². The van der Waals surface area contributed by atoms with Crippen molar-refractivity contribution in [2.24, 2.45) is 0 Å². The summed E-state index contributed by atoms with van der Waals surface area (Å²) >= 11 is 2.61. The van der Waals surface area contributed by atoms with Gasteiger partial charge in [-0.3, -0.25) is 4.79 Å². The number of aryl methyl sites for hydroxylation is 1. The van der Waals surface area contributed by atoms with Gasteiger partial charge in [-0.25, -0.2) is 0 Å². The second kappa shape index (κ2) is 9.47.